The maximum absolute atomic E-state index is 13.8. The van der Waals surface area contributed by atoms with Crippen molar-refractivity contribution in [3.8, 4) is 5.75 Å². The Morgan fingerprint density at radius 2 is 1.81 bits per heavy atom. The number of anilines is 1. The van der Waals surface area contributed by atoms with Crippen LogP contribution < -0.4 is 20.7 Å². The zero-order valence-corrected chi connectivity index (χ0v) is 19.2. The largest absolute Gasteiger partial charge is 0.482 e. The molecule has 0 saturated heterocycles. The first-order chi connectivity index (χ1) is 17.4. The molecule has 11 heteroatoms. The molecule has 0 unspecified atom stereocenters. The quantitative estimate of drug-likeness (QED) is 0.383. The lowest BCUT2D eigenvalue weighted by molar-refractivity contribution is -0.118. The molecular formula is C25H21FN6O4. The average molecular weight is 488 g/mol. The van der Waals surface area contributed by atoms with E-state index in [1.807, 2.05) is 0 Å². The molecule has 0 saturated carbocycles. The van der Waals surface area contributed by atoms with E-state index in [1.54, 1.807) is 43.3 Å². The molecule has 5 rings (SSSR count). The zero-order valence-electron chi connectivity index (χ0n) is 19.2. The minimum Gasteiger partial charge on any atom is -0.482 e. The van der Waals surface area contributed by atoms with Crippen molar-refractivity contribution >= 4 is 29.1 Å². The third-order valence-corrected chi connectivity index (χ3v) is 5.64. The number of carbonyl (C=O) groups excluding carboxylic acids is 3. The second kappa shape index (κ2) is 9.45. The summed E-state index contributed by atoms with van der Waals surface area (Å²) in [5.41, 5.74) is 2.84. The number of aryl methyl sites for hydroxylation is 1. The van der Waals surface area contributed by atoms with Crippen LogP contribution in [0.15, 0.2) is 54.7 Å². The maximum Gasteiger partial charge on any atom is 0.270 e. The van der Waals surface area contributed by atoms with Gasteiger partial charge < -0.3 is 20.7 Å². The molecular weight excluding hydrogens is 467 g/mol. The molecule has 1 aliphatic heterocycles. The number of halogens is 1. The Balaban J connectivity index is 1.31. The average Bonchev–Trinajstić information content (AvgIpc) is 3.35. The summed E-state index contributed by atoms with van der Waals surface area (Å²) in [5, 5.41) is 12.3. The molecule has 36 heavy (non-hydrogen) atoms. The summed E-state index contributed by atoms with van der Waals surface area (Å²) in [4.78, 5) is 41.6. The van der Waals surface area contributed by atoms with Gasteiger partial charge in [-0.25, -0.2) is 13.9 Å². The third-order valence-electron chi connectivity index (χ3n) is 5.64. The van der Waals surface area contributed by atoms with Crippen LogP contribution in [-0.4, -0.2) is 38.9 Å². The van der Waals surface area contributed by atoms with E-state index in [9.17, 15) is 18.8 Å². The van der Waals surface area contributed by atoms with Crippen molar-refractivity contribution < 1.29 is 23.5 Å². The molecule has 0 bridgehead atoms. The third kappa shape index (κ3) is 4.71. The van der Waals surface area contributed by atoms with Gasteiger partial charge in [0.25, 0.3) is 17.7 Å². The number of fused-ring (bicyclic) bond motifs is 2. The van der Waals surface area contributed by atoms with Crippen LogP contribution in [0.25, 0.3) is 5.65 Å². The molecule has 0 spiro atoms. The number of nitrogens with zero attached hydrogens (tertiary/aromatic N) is 3. The SMILES string of the molecule is Cc1ccc(CNC(=O)c2cc(C(=O)NCc3ccc4c(c3)NC(=O)CO4)nc3ccnn23)cc1F. The zero-order chi connectivity index (χ0) is 25.2. The topological polar surface area (TPSA) is 127 Å². The number of hydrogen-bond acceptors (Lipinski definition) is 6. The van der Waals surface area contributed by atoms with Gasteiger partial charge in [0, 0.05) is 25.2 Å². The van der Waals surface area contributed by atoms with Crippen LogP contribution in [-0.2, 0) is 17.9 Å². The minimum atomic E-state index is -0.494. The number of rotatable bonds is 6. The van der Waals surface area contributed by atoms with Gasteiger partial charge in [-0.1, -0.05) is 18.2 Å². The fourth-order valence-corrected chi connectivity index (χ4v) is 3.72. The summed E-state index contributed by atoms with van der Waals surface area (Å²) < 4.78 is 20.5. The van der Waals surface area contributed by atoms with Gasteiger partial charge in [-0.15, -0.1) is 0 Å². The molecule has 0 atom stereocenters. The van der Waals surface area contributed by atoms with E-state index in [0.717, 1.165) is 5.56 Å². The molecule has 3 heterocycles. The monoisotopic (exact) mass is 488 g/mol. The van der Waals surface area contributed by atoms with Gasteiger partial charge in [-0.05, 0) is 41.8 Å². The Bertz CT molecular complexity index is 1520. The molecule has 2 aromatic heterocycles. The van der Waals surface area contributed by atoms with E-state index in [1.165, 1.54) is 22.8 Å². The molecule has 1 aliphatic rings. The lowest BCUT2D eigenvalue weighted by atomic mass is 10.1. The smallest absolute Gasteiger partial charge is 0.270 e. The maximum atomic E-state index is 13.8. The molecule has 3 amide bonds. The first-order valence-corrected chi connectivity index (χ1v) is 11.1. The molecule has 0 radical (unpaired) electrons. The van der Waals surface area contributed by atoms with Crippen LogP contribution in [0.2, 0.25) is 0 Å². The summed E-state index contributed by atoms with van der Waals surface area (Å²) in [6.07, 6.45) is 1.47. The fraction of sp³-hybridized carbons (Fsp3) is 0.160. The van der Waals surface area contributed by atoms with Crippen molar-refractivity contribution in [2.24, 2.45) is 0 Å². The van der Waals surface area contributed by atoms with Gasteiger partial charge in [0.15, 0.2) is 12.3 Å². The predicted molar refractivity (Wildman–Crippen MR) is 127 cm³/mol. The number of hydrogen-bond donors (Lipinski definition) is 3. The Morgan fingerprint density at radius 3 is 2.61 bits per heavy atom. The van der Waals surface area contributed by atoms with Gasteiger partial charge in [-0.3, -0.25) is 14.4 Å². The lowest BCUT2D eigenvalue weighted by Gasteiger charge is -2.18. The number of benzene rings is 2. The molecule has 10 nitrogen and oxygen atoms in total. The summed E-state index contributed by atoms with van der Waals surface area (Å²) in [6, 6.07) is 12.9. The molecule has 2 aromatic carbocycles. The van der Waals surface area contributed by atoms with Gasteiger partial charge >= 0.3 is 0 Å². The first kappa shape index (κ1) is 23.0. The van der Waals surface area contributed by atoms with Crippen LogP contribution in [0.4, 0.5) is 10.1 Å². The summed E-state index contributed by atoms with van der Waals surface area (Å²) >= 11 is 0. The fourth-order valence-electron chi connectivity index (χ4n) is 3.72. The van der Waals surface area contributed by atoms with E-state index in [2.05, 4.69) is 26.0 Å². The Kier molecular flexibility index (Phi) is 6.03. The van der Waals surface area contributed by atoms with E-state index >= 15 is 0 Å². The highest BCUT2D eigenvalue weighted by Gasteiger charge is 2.19. The molecule has 4 aromatic rings. The molecule has 182 valence electrons. The van der Waals surface area contributed by atoms with Gasteiger partial charge in [0.1, 0.15) is 23.0 Å². The van der Waals surface area contributed by atoms with Gasteiger partial charge in [-0.2, -0.15) is 5.10 Å². The predicted octanol–water partition coefficient (Wildman–Crippen LogP) is 2.37. The number of aromatic nitrogens is 3. The molecule has 3 N–H and O–H groups in total. The van der Waals surface area contributed by atoms with Crippen molar-refractivity contribution in [1.29, 1.82) is 0 Å². The summed E-state index contributed by atoms with van der Waals surface area (Å²) in [5.74, 6) is -1.03. The van der Waals surface area contributed by atoms with Crippen molar-refractivity contribution in [2.45, 2.75) is 20.0 Å². The second-order valence-corrected chi connectivity index (χ2v) is 8.24. The van der Waals surface area contributed by atoms with E-state index in [-0.39, 0.29) is 42.8 Å². The van der Waals surface area contributed by atoms with E-state index in [0.29, 0.717) is 28.2 Å². The van der Waals surface area contributed by atoms with E-state index < -0.39 is 11.8 Å². The van der Waals surface area contributed by atoms with Crippen LogP contribution in [0.3, 0.4) is 0 Å². The van der Waals surface area contributed by atoms with Crippen LogP contribution in [0.5, 0.6) is 5.75 Å². The molecule has 0 fully saturated rings. The van der Waals surface area contributed by atoms with Crippen molar-refractivity contribution in [1.82, 2.24) is 25.2 Å². The van der Waals surface area contributed by atoms with Gasteiger partial charge in [0.2, 0.25) is 0 Å². The minimum absolute atomic E-state index is 0.0316. The van der Waals surface area contributed by atoms with Crippen molar-refractivity contribution in [2.75, 3.05) is 11.9 Å². The number of amides is 3. The summed E-state index contributed by atoms with van der Waals surface area (Å²) in [6.45, 7) is 1.88. The normalized spacial score (nSPS) is 12.4. The Morgan fingerprint density at radius 1 is 1.06 bits per heavy atom. The van der Waals surface area contributed by atoms with Gasteiger partial charge in [0.05, 0.1) is 11.9 Å². The second-order valence-electron chi connectivity index (χ2n) is 8.24. The number of carbonyl (C=O) groups is 3. The van der Waals surface area contributed by atoms with Crippen LogP contribution in [0.1, 0.15) is 37.7 Å². The molecule has 0 aliphatic carbocycles. The van der Waals surface area contributed by atoms with Crippen molar-refractivity contribution in [3.63, 3.8) is 0 Å². The highest BCUT2D eigenvalue weighted by molar-refractivity contribution is 5.98. The first-order valence-electron chi connectivity index (χ1n) is 11.1. The standard InChI is InChI=1S/C25H21FN6O4/c1-14-2-3-15(8-17(14)26)11-28-25(35)20-10-19(30-22-6-7-29-32(20)22)24(34)27-12-16-4-5-21-18(9-16)31-23(33)13-36-21/h2-10H,11-13H2,1H3,(H,27,34)(H,28,35)(H,31,33). The highest BCUT2D eigenvalue weighted by Crippen LogP contribution is 2.28. The Hall–Kier alpha value is -4.80. The van der Waals surface area contributed by atoms with Crippen LogP contribution in [0, 0.1) is 12.7 Å². The number of ether oxygens (including phenoxy) is 1. The Labute approximate surface area is 204 Å². The van der Waals surface area contributed by atoms with E-state index in [4.69, 9.17) is 4.74 Å². The van der Waals surface area contributed by atoms with Crippen LogP contribution >= 0.6 is 0 Å². The lowest BCUT2D eigenvalue weighted by Crippen LogP contribution is -2.28. The number of nitrogens with one attached hydrogen (secondary N) is 3. The summed E-state index contributed by atoms with van der Waals surface area (Å²) in [7, 11) is 0. The van der Waals surface area contributed by atoms with Crippen molar-refractivity contribution in [3.05, 3.63) is 88.6 Å². The highest BCUT2D eigenvalue weighted by atomic mass is 19.1.